The van der Waals surface area contributed by atoms with Crippen LogP contribution in [0.2, 0.25) is 0 Å². The molecule has 3 rings (SSSR count). The highest BCUT2D eigenvalue weighted by molar-refractivity contribution is 5.94. The van der Waals surface area contributed by atoms with E-state index in [0.29, 0.717) is 25.1 Å². The predicted octanol–water partition coefficient (Wildman–Crippen LogP) is 3.99. The maximum Gasteiger partial charge on any atom is 0.253 e. The van der Waals surface area contributed by atoms with E-state index >= 15 is 0 Å². The van der Waals surface area contributed by atoms with Crippen molar-refractivity contribution in [3.05, 3.63) is 71.5 Å². The van der Waals surface area contributed by atoms with Crippen molar-refractivity contribution >= 4 is 11.8 Å². The lowest BCUT2D eigenvalue weighted by atomic mass is 9.83. The molecule has 1 fully saturated rings. The average Bonchev–Trinajstić information content (AvgIpc) is 2.74. The van der Waals surface area contributed by atoms with Crippen LogP contribution in [-0.2, 0) is 4.79 Å². The SMILES string of the molecule is CC[C@@H](C)NC(=O)[C@H]1C[C@@H](c2ccccc2)CN(C(=O)c2ccc(F)cc2)C1. The summed E-state index contributed by atoms with van der Waals surface area (Å²) in [5, 5.41) is 3.05. The van der Waals surface area contributed by atoms with Crippen LogP contribution in [0.1, 0.15) is 48.5 Å². The molecule has 5 heteroatoms. The van der Waals surface area contributed by atoms with Crippen molar-refractivity contribution in [3.63, 3.8) is 0 Å². The Morgan fingerprint density at radius 3 is 2.43 bits per heavy atom. The Balaban J connectivity index is 1.83. The highest BCUT2D eigenvalue weighted by atomic mass is 19.1. The van der Waals surface area contributed by atoms with Crippen molar-refractivity contribution in [3.8, 4) is 0 Å². The molecule has 3 atom stereocenters. The Labute approximate surface area is 165 Å². The third kappa shape index (κ3) is 4.77. The molecule has 0 radical (unpaired) electrons. The lowest BCUT2D eigenvalue weighted by Crippen LogP contribution is -2.49. The molecular formula is C23H27FN2O2. The van der Waals surface area contributed by atoms with Gasteiger partial charge >= 0.3 is 0 Å². The third-order valence-electron chi connectivity index (χ3n) is 5.47. The average molecular weight is 382 g/mol. The molecule has 0 saturated carbocycles. The number of amides is 2. The van der Waals surface area contributed by atoms with Crippen LogP contribution >= 0.6 is 0 Å². The van der Waals surface area contributed by atoms with Gasteiger partial charge in [0.1, 0.15) is 5.82 Å². The summed E-state index contributed by atoms with van der Waals surface area (Å²) in [6, 6.07) is 15.7. The van der Waals surface area contributed by atoms with Crippen LogP contribution in [-0.4, -0.2) is 35.8 Å². The van der Waals surface area contributed by atoms with Crippen LogP contribution in [0, 0.1) is 11.7 Å². The first kappa shape index (κ1) is 20.1. The van der Waals surface area contributed by atoms with Gasteiger partial charge in [0.05, 0.1) is 5.92 Å². The van der Waals surface area contributed by atoms with E-state index in [4.69, 9.17) is 0 Å². The largest absolute Gasteiger partial charge is 0.353 e. The summed E-state index contributed by atoms with van der Waals surface area (Å²) < 4.78 is 13.2. The van der Waals surface area contributed by atoms with Gasteiger partial charge in [-0.05, 0) is 49.6 Å². The molecule has 1 heterocycles. The molecule has 1 aliphatic heterocycles. The van der Waals surface area contributed by atoms with Gasteiger partial charge in [0.25, 0.3) is 5.91 Å². The van der Waals surface area contributed by atoms with Gasteiger partial charge < -0.3 is 10.2 Å². The molecule has 1 aliphatic rings. The van der Waals surface area contributed by atoms with Gasteiger partial charge in [-0.15, -0.1) is 0 Å². The number of hydrogen-bond acceptors (Lipinski definition) is 2. The van der Waals surface area contributed by atoms with Gasteiger partial charge in [-0.1, -0.05) is 37.3 Å². The molecule has 0 bridgehead atoms. The van der Waals surface area contributed by atoms with Gasteiger partial charge in [-0.25, -0.2) is 4.39 Å². The number of carbonyl (C=O) groups is 2. The van der Waals surface area contributed by atoms with E-state index in [1.807, 2.05) is 44.2 Å². The molecule has 0 unspecified atom stereocenters. The summed E-state index contributed by atoms with van der Waals surface area (Å²) in [6.07, 6.45) is 1.57. The van der Waals surface area contributed by atoms with Crippen LogP contribution in [0.4, 0.5) is 4.39 Å². The molecule has 2 aromatic rings. The lowest BCUT2D eigenvalue weighted by Gasteiger charge is -2.38. The number of halogens is 1. The zero-order chi connectivity index (χ0) is 20.1. The van der Waals surface area contributed by atoms with Gasteiger partial charge in [0, 0.05) is 30.6 Å². The quantitative estimate of drug-likeness (QED) is 0.850. The van der Waals surface area contributed by atoms with E-state index in [9.17, 15) is 14.0 Å². The summed E-state index contributed by atoms with van der Waals surface area (Å²) in [5.74, 6) is -0.721. The fourth-order valence-corrected chi connectivity index (χ4v) is 3.66. The second kappa shape index (κ2) is 9.00. The number of likely N-dealkylation sites (tertiary alicyclic amines) is 1. The number of benzene rings is 2. The van der Waals surface area contributed by atoms with Crippen LogP contribution < -0.4 is 5.32 Å². The minimum Gasteiger partial charge on any atom is -0.353 e. The van der Waals surface area contributed by atoms with Gasteiger partial charge in [-0.3, -0.25) is 9.59 Å². The second-order valence-corrected chi connectivity index (χ2v) is 7.58. The molecule has 0 spiro atoms. The van der Waals surface area contributed by atoms with E-state index in [1.54, 1.807) is 4.90 Å². The predicted molar refractivity (Wildman–Crippen MR) is 107 cm³/mol. The highest BCUT2D eigenvalue weighted by Crippen LogP contribution is 2.31. The van der Waals surface area contributed by atoms with E-state index < -0.39 is 0 Å². The molecule has 148 valence electrons. The molecule has 2 amide bonds. The smallest absolute Gasteiger partial charge is 0.253 e. The van der Waals surface area contributed by atoms with Gasteiger partial charge in [-0.2, -0.15) is 0 Å². The third-order valence-corrected chi connectivity index (χ3v) is 5.47. The molecule has 28 heavy (non-hydrogen) atoms. The summed E-state index contributed by atoms with van der Waals surface area (Å²) in [4.78, 5) is 27.5. The number of hydrogen-bond donors (Lipinski definition) is 1. The Kier molecular flexibility index (Phi) is 6.45. The van der Waals surface area contributed by atoms with Crippen LogP contribution in [0.3, 0.4) is 0 Å². The standard InChI is InChI=1S/C23H27FN2O2/c1-3-16(2)25-22(27)20-13-19(17-7-5-4-6-8-17)14-26(15-20)23(28)18-9-11-21(24)12-10-18/h4-12,16,19-20H,3,13-15H2,1-2H3,(H,25,27)/t16-,19-,20+/m1/s1. The van der Waals surface area contributed by atoms with E-state index in [-0.39, 0.29) is 35.5 Å². The minimum absolute atomic E-state index is 0.00751. The number of carbonyl (C=O) groups excluding carboxylic acids is 2. The fraction of sp³-hybridized carbons (Fsp3) is 0.391. The Bertz CT molecular complexity index is 807. The number of nitrogens with one attached hydrogen (secondary N) is 1. The van der Waals surface area contributed by atoms with Gasteiger partial charge in [0.15, 0.2) is 0 Å². The van der Waals surface area contributed by atoms with Crippen LogP contribution in [0.25, 0.3) is 0 Å². The summed E-state index contributed by atoms with van der Waals surface area (Å²) in [5.41, 5.74) is 1.57. The molecule has 2 aromatic carbocycles. The van der Waals surface area contributed by atoms with Crippen molar-refractivity contribution in [2.24, 2.45) is 5.92 Å². The summed E-state index contributed by atoms with van der Waals surface area (Å²) >= 11 is 0. The zero-order valence-electron chi connectivity index (χ0n) is 16.4. The Morgan fingerprint density at radius 2 is 1.79 bits per heavy atom. The first-order chi connectivity index (χ1) is 13.5. The first-order valence-electron chi connectivity index (χ1n) is 9.88. The van der Waals surface area contributed by atoms with Gasteiger partial charge in [0.2, 0.25) is 5.91 Å². The normalized spacial score (nSPS) is 20.5. The topological polar surface area (TPSA) is 49.4 Å². The van der Waals surface area contributed by atoms with Crippen LogP contribution in [0.5, 0.6) is 0 Å². The minimum atomic E-state index is -0.372. The summed E-state index contributed by atoms with van der Waals surface area (Å²) in [6.45, 7) is 4.94. The van der Waals surface area contributed by atoms with Crippen molar-refractivity contribution in [1.29, 1.82) is 0 Å². The maximum atomic E-state index is 13.2. The Hall–Kier alpha value is -2.69. The number of rotatable bonds is 5. The second-order valence-electron chi connectivity index (χ2n) is 7.58. The number of piperidine rings is 1. The first-order valence-corrected chi connectivity index (χ1v) is 9.88. The number of nitrogens with zero attached hydrogens (tertiary/aromatic N) is 1. The molecule has 0 aliphatic carbocycles. The molecule has 1 N–H and O–H groups in total. The van der Waals surface area contributed by atoms with Crippen LogP contribution in [0.15, 0.2) is 54.6 Å². The van der Waals surface area contributed by atoms with Crippen molar-refractivity contribution in [2.45, 2.75) is 38.6 Å². The van der Waals surface area contributed by atoms with E-state index in [2.05, 4.69) is 5.32 Å². The lowest BCUT2D eigenvalue weighted by molar-refractivity contribution is -0.127. The zero-order valence-corrected chi connectivity index (χ0v) is 16.4. The highest BCUT2D eigenvalue weighted by Gasteiger charge is 2.35. The monoisotopic (exact) mass is 382 g/mol. The Morgan fingerprint density at radius 1 is 1.11 bits per heavy atom. The summed E-state index contributed by atoms with van der Waals surface area (Å²) in [7, 11) is 0. The molecule has 4 nitrogen and oxygen atoms in total. The van der Waals surface area contributed by atoms with Crippen molar-refractivity contribution in [2.75, 3.05) is 13.1 Å². The van der Waals surface area contributed by atoms with Crippen molar-refractivity contribution in [1.82, 2.24) is 10.2 Å². The van der Waals surface area contributed by atoms with E-state index in [0.717, 1.165) is 12.0 Å². The molecular weight excluding hydrogens is 355 g/mol. The van der Waals surface area contributed by atoms with Crippen molar-refractivity contribution < 1.29 is 14.0 Å². The van der Waals surface area contributed by atoms with E-state index in [1.165, 1.54) is 24.3 Å². The fourth-order valence-electron chi connectivity index (χ4n) is 3.66. The molecule has 0 aromatic heterocycles. The maximum absolute atomic E-state index is 13.2. The molecule has 1 saturated heterocycles.